The zero-order valence-electron chi connectivity index (χ0n) is 20.6. The third kappa shape index (κ3) is 4.59. The first kappa shape index (κ1) is 24.0. The van der Waals surface area contributed by atoms with Crippen molar-refractivity contribution in [3.63, 3.8) is 0 Å². The van der Waals surface area contributed by atoms with E-state index in [-0.39, 0.29) is 35.4 Å². The molecule has 1 atom stereocenters. The Bertz CT molecular complexity index is 1210. The van der Waals surface area contributed by atoms with Crippen molar-refractivity contribution in [1.82, 2.24) is 24.7 Å². The average molecular weight is 472 g/mol. The Morgan fingerprint density at radius 1 is 1.29 bits per heavy atom. The summed E-state index contributed by atoms with van der Waals surface area (Å²) in [6.07, 6.45) is 4.96. The normalized spacial score (nSPS) is 19.5. The molecule has 10 heteroatoms. The van der Waals surface area contributed by atoms with Gasteiger partial charge in [-0.1, -0.05) is 18.4 Å². The van der Waals surface area contributed by atoms with Crippen molar-refractivity contribution in [2.45, 2.75) is 59.2 Å². The molecule has 0 unspecified atom stereocenters. The van der Waals surface area contributed by atoms with Crippen LogP contribution in [0.15, 0.2) is 10.9 Å². The molecular formula is C24H35N6O4+. The highest BCUT2D eigenvalue weighted by Gasteiger charge is 2.35. The van der Waals surface area contributed by atoms with Gasteiger partial charge in [0, 0.05) is 37.8 Å². The summed E-state index contributed by atoms with van der Waals surface area (Å²) >= 11 is 0. The maximum atomic E-state index is 13.2. The fourth-order valence-electron chi connectivity index (χ4n) is 4.56. The second-order valence-corrected chi connectivity index (χ2v) is 10.0. The molecule has 2 aromatic rings. The largest absolute Gasteiger partial charge is 0.477 e. The molecule has 2 aromatic heterocycles. The minimum absolute atomic E-state index is 0.0531. The molecule has 0 aromatic carbocycles. The maximum Gasteiger partial charge on any atom is 0.378 e. The van der Waals surface area contributed by atoms with Crippen LogP contribution < -0.4 is 15.4 Å². The molecule has 1 aliphatic carbocycles. The highest BCUT2D eigenvalue weighted by atomic mass is 16.3. The van der Waals surface area contributed by atoms with Gasteiger partial charge in [-0.05, 0) is 45.7 Å². The number of H-pyrrole nitrogens is 1. The summed E-state index contributed by atoms with van der Waals surface area (Å²) in [6, 6.07) is 0.155. The molecule has 2 amide bonds. The number of aromatic nitrogens is 3. The van der Waals surface area contributed by atoms with Crippen LogP contribution in [0.4, 0.5) is 0 Å². The van der Waals surface area contributed by atoms with Crippen LogP contribution >= 0.6 is 0 Å². The van der Waals surface area contributed by atoms with Crippen LogP contribution in [0.25, 0.3) is 11.7 Å². The number of carbonyl (C=O) groups is 2. The van der Waals surface area contributed by atoms with Gasteiger partial charge in [-0.3, -0.25) is 9.59 Å². The molecule has 3 N–H and O–H groups in total. The van der Waals surface area contributed by atoms with Gasteiger partial charge < -0.3 is 20.2 Å². The number of aryl methyl sites for hydroxylation is 1. The summed E-state index contributed by atoms with van der Waals surface area (Å²) in [5.74, 6) is -0.886. The average Bonchev–Trinajstić information content (AvgIpc) is 3.50. The van der Waals surface area contributed by atoms with Crippen LogP contribution in [0.1, 0.15) is 55.2 Å². The first-order valence-corrected chi connectivity index (χ1v) is 12.0. The van der Waals surface area contributed by atoms with Gasteiger partial charge in [0.25, 0.3) is 5.91 Å². The van der Waals surface area contributed by atoms with Gasteiger partial charge in [-0.2, -0.15) is 4.57 Å². The smallest absolute Gasteiger partial charge is 0.378 e. The fraction of sp³-hybridized carbons (Fsp3) is 0.583. The first-order chi connectivity index (χ1) is 16.1. The Morgan fingerprint density at radius 2 is 2.00 bits per heavy atom. The number of rotatable bonds is 6. The molecule has 1 saturated carbocycles. The van der Waals surface area contributed by atoms with Crippen molar-refractivity contribution in [3.8, 4) is 5.88 Å². The Kier molecular flexibility index (Phi) is 6.53. The van der Waals surface area contributed by atoms with E-state index in [0.29, 0.717) is 30.0 Å². The number of piperazine rings is 1. The number of hydrogen-bond acceptors (Lipinski definition) is 5. The summed E-state index contributed by atoms with van der Waals surface area (Å²) in [5, 5.41) is 16.9. The number of amides is 2. The van der Waals surface area contributed by atoms with Crippen molar-refractivity contribution >= 4 is 23.5 Å². The molecule has 2 fully saturated rings. The molecule has 0 bridgehead atoms. The van der Waals surface area contributed by atoms with E-state index in [1.54, 1.807) is 17.6 Å². The molecule has 3 heterocycles. The zero-order chi connectivity index (χ0) is 24.7. The molecule has 2 aliphatic rings. The van der Waals surface area contributed by atoms with Gasteiger partial charge >= 0.3 is 17.1 Å². The van der Waals surface area contributed by atoms with Crippen LogP contribution in [0.3, 0.4) is 0 Å². The van der Waals surface area contributed by atoms with Crippen molar-refractivity contribution < 1.29 is 19.3 Å². The number of nitrogens with zero attached hydrogens (tertiary/aromatic N) is 4. The van der Waals surface area contributed by atoms with Crippen molar-refractivity contribution in [1.29, 1.82) is 0 Å². The molecule has 34 heavy (non-hydrogen) atoms. The summed E-state index contributed by atoms with van der Waals surface area (Å²) in [7, 11) is 2.04. The number of aromatic amines is 1. The highest BCUT2D eigenvalue weighted by Crippen LogP contribution is 2.22. The predicted octanol–water partition coefficient (Wildman–Crippen LogP) is 0.653. The topological polar surface area (TPSA) is 114 Å². The Balaban J connectivity index is 1.78. The van der Waals surface area contributed by atoms with Crippen molar-refractivity contribution in [3.05, 3.63) is 33.3 Å². The summed E-state index contributed by atoms with van der Waals surface area (Å²) in [5.41, 5.74) is 0.810. The van der Waals surface area contributed by atoms with Gasteiger partial charge in [0.1, 0.15) is 0 Å². The van der Waals surface area contributed by atoms with Gasteiger partial charge in [0.05, 0.1) is 17.8 Å². The van der Waals surface area contributed by atoms with Crippen LogP contribution in [0.5, 0.6) is 5.88 Å². The van der Waals surface area contributed by atoms with E-state index in [0.717, 1.165) is 25.9 Å². The van der Waals surface area contributed by atoms with Gasteiger partial charge in [0.15, 0.2) is 0 Å². The second-order valence-electron chi connectivity index (χ2n) is 10.0. The molecule has 10 nitrogen and oxygen atoms in total. The standard InChI is InChI=1S/C24H34N6O4/c1-14(2)12-29-22-18(8-9-19(31)28-11-10-27(5)13-15(28)3)16(4)26-30(22)24(34)20(23(29)33)21(32)25-17-6-7-17/h8-9,14-15,17H,6-7,10-13H2,1-5H3,(H2,25,32,33,34)/p+1/b9-8+/t15-/m1/s1. The lowest BCUT2D eigenvalue weighted by molar-refractivity contribution is -0.686. The van der Waals surface area contributed by atoms with Gasteiger partial charge in [-0.25, -0.2) is 9.89 Å². The van der Waals surface area contributed by atoms with E-state index < -0.39 is 11.5 Å². The SMILES string of the molecule is Cc1[nH]n2c(=O)c(C(=O)NC3CC3)c(O)[n+](CC(C)C)c2c1/C=C/C(=O)N1CCN(C)C[C@H]1C. The van der Waals surface area contributed by atoms with Crippen LogP contribution in [-0.2, 0) is 11.3 Å². The molecule has 4 rings (SSSR count). The first-order valence-electron chi connectivity index (χ1n) is 12.0. The van der Waals surface area contributed by atoms with E-state index in [1.165, 1.54) is 10.6 Å². The zero-order valence-corrected chi connectivity index (χ0v) is 20.6. The van der Waals surface area contributed by atoms with Crippen LogP contribution in [0.2, 0.25) is 0 Å². The van der Waals surface area contributed by atoms with Gasteiger partial charge in [0.2, 0.25) is 11.5 Å². The quantitative estimate of drug-likeness (QED) is 0.423. The van der Waals surface area contributed by atoms with Crippen molar-refractivity contribution in [2.75, 3.05) is 26.7 Å². The Hall–Kier alpha value is -3.14. The number of hydrogen-bond donors (Lipinski definition) is 3. The third-order valence-electron chi connectivity index (χ3n) is 6.48. The van der Waals surface area contributed by atoms with Gasteiger partial charge in [-0.15, -0.1) is 0 Å². The van der Waals surface area contributed by atoms with E-state index in [4.69, 9.17) is 0 Å². The number of aromatic hydroxyl groups is 1. The maximum absolute atomic E-state index is 13.2. The summed E-state index contributed by atoms with van der Waals surface area (Å²) < 4.78 is 2.88. The lowest BCUT2D eigenvalue weighted by Crippen LogP contribution is -2.52. The number of fused-ring (bicyclic) bond motifs is 1. The van der Waals surface area contributed by atoms with Crippen LogP contribution in [-0.4, -0.2) is 75.1 Å². The fourth-order valence-corrected chi connectivity index (χ4v) is 4.56. The van der Waals surface area contributed by atoms with Crippen molar-refractivity contribution in [2.24, 2.45) is 5.92 Å². The molecule has 1 saturated heterocycles. The third-order valence-corrected chi connectivity index (χ3v) is 6.48. The molecule has 0 radical (unpaired) electrons. The van der Waals surface area contributed by atoms with E-state index in [1.807, 2.05) is 32.7 Å². The molecule has 1 aliphatic heterocycles. The Morgan fingerprint density at radius 3 is 2.62 bits per heavy atom. The van der Waals surface area contributed by atoms with E-state index >= 15 is 0 Å². The number of nitrogens with one attached hydrogen (secondary N) is 2. The highest BCUT2D eigenvalue weighted by molar-refractivity contribution is 5.96. The number of carbonyl (C=O) groups excluding carboxylic acids is 2. The lowest BCUT2D eigenvalue weighted by Gasteiger charge is -2.37. The predicted molar refractivity (Wildman–Crippen MR) is 128 cm³/mol. The van der Waals surface area contributed by atoms with E-state index in [9.17, 15) is 19.5 Å². The van der Waals surface area contributed by atoms with E-state index in [2.05, 4.69) is 15.3 Å². The van der Waals surface area contributed by atoms with Crippen LogP contribution in [0, 0.1) is 12.8 Å². The lowest BCUT2D eigenvalue weighted by atomic mass is 10.1. The summed E-state index contributed by atoms with van der Waals surface area (Å²) in [6.45, 7) is 10.5. The summed E-state index contributed by atoms with van der Waals surface area (Å²) in [4.78, 5) is 43.0. The molecular weight excluding hydrogens is 436 g/mol. The molecule has 184 valence electrons. The number of likely N-dealkylation sites (N-methyl/N-ethyl adjacent to an activating group) is 1. The minimum Gasteiger partial charge on any atom is -0.477 e. The molecule has 0 spiro atoms. The second kappa shape index (κ2) is 9.25. The minimum atomic E-state index is -0.618. The Labute approximate surface area is 198 Å². The monoisotopic (exact) mass is 471 g/mol.